The fourth-order valence-corrected chi connectivity index (χ4v) is 2.85. The number of carbonyl (C=O) groups is 2. The smallest absolute Gasteiger partial charge is 0.353 e. The number of benzene rings is 1. The quantitative estimate of drug-likeness (QED) is 0.687. The molecule has 0 unspecified atom stereocenters. The summed E-state index contributed by atoms with van der Waals surface area (Å²) in [6.07, 6.45) is 1.91. The zero-order chi connectivity index (χ0) is 15.7. The number of esters is 1. The predicted octanol–water partition coefficient (Wildman–Crippen LogP) is 3.93. The normalized spacial score (nSPS) is 13.7. The molecule has 5 heteroatoms. The Morgan fingerprint density at radius 3 is 2.68 bits per heavy atom. The summed E-state index contributed by atoms with van der Waals surface area (Å²) in [5, 5.41) is 3.52. The Balaban J connectivity index is 1.68. The number of aryl methyl sites for hydroxylation is 1. The van der Waals surface area contributed by atoms with E-state index in [1.807, 2.05) is 26.0 Å². The maximum absolute atomic E-state index is 12.2. The zero-order valence-corrected chi connectivity index (χ0v) is 13.3. The monoisotopic (exact) mass is 315 g/mol. The standard InChI is InChI=1S/C17H17NO3S/c1-10-4-3-5-13(11(10)2)21-17(20)14-8-9-15(22-14)18-16(19)12-6-7-12/h3-5,8-9,12H,6-7H2,1-2H3,(H,18,19). The highest BCUT2D eigenvalue weighted by Gasteiger charge is 2.30. The highest BCUT2D eigenvalue weighted by atomic mass is 32.1. The third kappa shape index (κ3) is 3.20. The molecule has 114 valence electrons. The Morgan fingerprint density at radius 2 is 1.95 bits per heavy atom. The van der Waals surface area contributed by atoms with E-state index in [9.17, 15) is 9.59 Å². The second-order valence-electron chi connectivity index (χ2n) is 5.51. The summed E-state index contributed by atoms with van der Waals surface area (Å²) in [4.78, 5) is 24.4. The number of carbonyl (C=O) groups excluding carboxylic acids is 2. The number of amides is 1. The predicted molar refractivity (Wildman–Crippen MR) is 86.5 cm³/mol. The molecule has 1 aliphatic rings. The third-order valence-corrected chi connectivity index (χ3v) is 4.74. The summed E-state index contributed by atoms with van der Waals surface area (Å²) in [5.74, 6) is 0.358. The van der Waals surface area contributed by atoms with Gasteiger partial charge in [-0.3, -0.25) is 4.79 Å². The second kappa shape index (κ2) is 5.93. The topological polar surface area (TPSA) is 55.4 Å². The zero-order valence-electron chi connectivity index (χ0n) is 12.5. The maximum Gasteiger partial charge on any atom is 0.353 e. The first-order valence-corrected chi connectivity index (χ1v) is 8.05. The summed E-state index contributed by atoms with van der Waals surface area (Å²) < 4.78 is 5.45. The molecule has 0 spiro atoms. The van der Waals surface area contributed by atoms with Crippen molar-refractivity contribution in [3.8, 4) is 5.75 Å². The maximum atomic E-state index is 12.2. The van der Waals surface area contributed by atoms with Gasteiger partial charge in [0.25, 0.3) is 0 Å². The lowest BCUT2D eigenvalue weighted by atomic mass is 10.1. The molecule has 1 aliphatic carbocycles. The van der Waals surface area contributed by atoms with Crippen LogP contribution in [0.2, 0.25) is 0 Å². The van der Waals surface area contributed by atoms with Crippen LogP contribution in [-0.2, 0) is 4.79 Å². The van der Waals surface area contributed by atoms with Crippen LogP contribution in [0, 0.1) is 19.8 Å². The second-order valence-corrected chi connectivity index (χ2v) is 6.60. The van der Waals surface area contributed by atoms with Crippen LogP contribution in [0.15, 0.2) is 30.3 Å². The van der Waals surface area contributed by atoms with Crippen LogP contribution in [0.3, 0.4) is 0 Å². The van der Waals surface area contributed by atoms with Gasteiger partial charge in [-0.25, -0.2) is 4.79 Å². The van der Waals surface area contributed by atoms with E-state index < -0.39 is 5.97 Å². The van der Waals surface area contributed by atoms with Crippen LogP contribution >= 0.6 is 11.3 Å². The van der Waals surface area contributed by atoms with E-state index in [2.05, 4.69) is 5.32 Å². The van der Waals surface area contributed by atoms with Gasteiger partial charge in [0, 0.05) is 5.92 Å². The average Bonchev–Trinajstić information content (AvgIpc) is 3.24. The Bertz CT molecular complexity index is 731. The molecule has 0 atom stereocenters. The Kier molecular flexibility index (Phi) is 3.98. The van der Waals surface area contributed by atoms with Gasteiger partial charge in [-0.05, 0) is 56.0 Å². The lowest BCUT2D eigenvalue weighted by Crippen LogP contribution is -2.12. The third-order valence-electron chi connectivity index (χ3n) is 3.76. The summed E-state index contributed by atoms with van der Waals surface area (Å²) in [6, 6.07) is 9.04. The first-order chi connectivity index (χ1) is 10.5. The van der Waals surface area contributed by atoms with E-state index in [-0.39, 0.29) is 11.8 Å². The van der Waals surface area contributed by atoms with Gasteiger partial charge in [-0.15, -0.1) is 11.3 Å². The molecular weight excluding hydrogens is 298 g/mol. The van der Waals surface area contributed by atoms with Crippen molar-refractivity contribution in [1.82, 2.24) is 0 Å². The van der Waals surface area contributed by atoms with Crippen molar-refractivity contribution in [3.05, 3.63) is 46.3 Å². The first-order valence-electron chi connectivity index (χ1n) is 7.23. The number of anilines is 1. The minimum absolute atomic E-state index is 0.0382. The number of thiophene rings is 1. The van der Waals surface area contributed by atoms with Crippen molar-refractivity contribution in [2.24, 2.45) is 5.92 Å². The van der Waals surface area contributed by atoms with E-state index >= 15 is 0 Å². The Labute approximate surface area is 133 Å². The van der Waals surface area contributed by atoms with Crippen molar-refractivity contribution in [1.29, 1.82) is 0 Å². The Morgan fingerprint density at radius 1 is 1.18 bits per heavy atom. The fourth-order valence-electron chi connectivity index (χ4n) is 2.07. The van der Waals surface area contributed by atoms with Gasteiger partial charge < -0.3 is 10.1 Å². The lowest BCUT2D eigenvalue weighted by Gasteiger charge is -2.08. The molecular formula is C17H17NO3S. The molecule has 1 amide bonds. The van der Waals surface area contributed by atoms with Gasteiger partial charge >= 0.3 is 5.97 Å². The van der Waals surface area contributed by atoms with Crippen LogP contribution in [0.1, 0.15) is 33.6 Å². The molecule has 1 saturated carbocycles. The first kappa shape index (κ1) is 14.8. The summed E-state index contributed by atoms with van der Waals surface area (Å²) in [5.41, 5.74) is 2.03. The minimum atomic E-state index is -0.398. The van der Waals surface area contributed by atoms with E-state index in [0.29, 0.717) is 15.6 Å². The molecule has 1 aromatic carbocycles. The van der Waals surface area contributed by atoms with Gasteiger partial charge in [-0.2, -0.15) is 0 Å². The molecule has 0 radical (unpaired) electrons. The summed E-state index contributed by atoms with van der Waals surface area (Å²) in [6.45, 7) is 3.90. The molecule has 4 nitrogen and oxygen atoms in total. The SMILES string of the molecule is Cc1cccc(OC(=O)c2ccc(NC(=O)C3CC3)s2)c1C. The van der Waals surface area contributed by atoms with E-state index in [1.165, 1.54) is 11.3 Å². The molecule has 1 aromatic heterocycles. The molecule has 22 heavy (non-hydrogen) atoms. The van der Waals surface area contributed by atoms with E-state index in [4.69, 9.17) is 4.74 Å². The van der Waals surface area contributed by atoms with Crippen molar-refractivity contribution in [2.45, 2.75) is 26.7 Å². The molecule has 0 aliphatic heterocycles. The van der Waals surface area contributed by atoms with E-state index in [1.54, 1.807) is 18.2 Å². The van der Waals surface area contributed by atoms with Crippen molar-refractivity contribution < 1.29 is 14.3 Å². The van der Waals surface area contributed by atoms with Crippen LogP contribution in [0.5, 0.6) is 5.75 Å². The number of ether oxygens (including phenoxy) is 1. The van der Waals surface area contributed by atoms with Gasteiger partial charge in [0.05, 0.1) is 5.00 Å². The average molecular weight is 315 g/mol. The minimum Gasteiger partial charge on any atom is -0.422 e. The van der Waals surface area contributed by atoms with Crippen molar-refractivity contribution in [3.63, 3.8) is 0 Å². The molecule has 1 fully saturated rings. The number of hydrogen-bond donors (Lipinski definition) is 1. The lowest BCUT2D eigenvalue weighted by molar-refractivity contribution is -0.117. The summed E-state index contributed by atoms with van der Waals surface area (Å²) in [7, 11) is 0. The fraction of sp³-hybridized carbons (Fsp3) is 0.294. The van der Waals surface area contributed by atoms with Gasteiger partial charge in [0.2, 0.25) is 5.91 Å². The molecule has 2 aromatic rings. The number of hydrogen-bond acceptors (Lipinski definition) is 4. The van der Waals surface area contributed by atoms with Crippen molar-refractivity contribution in [2.75, 3.05) is 5.32 Å². The van der Waals surface area contributed by atoms with Crippen molar-refractivity contribution >= 4 is 28.2 Å². The van der Waals surface area contributed by atoms with Crippen LogP contribution < -0.4 is 10.1 Å². The molecule has 1 heterocycles. The van der Waals surface area contributed by atoms with Gasteiger partial charge in [0.15, 0.2) is 0 Å². The highest BCUT2D eigenvalue weighted by Crippen LogP contribution is 2.32. The van der Waals surface area contributed by atoms with Gasteiger partial charge in [0.1, 0.15) is 10.6 Å². The van der Waals surface area contributed by atoms with Crippen LogP contribution in [0.4, 0.5) is 5.00 Å². The molecule has 1 N–H and O–H groups in total. The molecule has 0 saturated heterocycles. The largest absolute Gasteiger partial charge is 0.422 e. The number of nitrogens with one attached hydrogen (secondary N) is 1. The summed E-state index contributed by atoms with van der Waals surface area (Å²) >= 11 is 1.24. The van der Waals surface area contributed by atoms with Crippen LogP contribution in [0.25, 0.3) is 0 Å². The Hall–Kier alpha value is -2.14. The van der Waals surface area contributed by atoms with E-state index in [0.717, 1.165) is 24.0 Å². The number of rotatable bonds is 4. The van der Waals surface area contributed by atoms with Gasteiger partial charge in [-0.1, -0.05) is 12.1 Å². The highest BCUT2D eigenvalue weighted by molar-refractivity contribution is 7.18. The van der Waals surface area contributed by atoms with Crippen LogP contribution in [-0.4, -0.2) is 11.9 Å². The molecule has 3 rings (SSSR count). The molecule has 0 bridgehead atoms.